The second kappa shape index (κ2) is 10.3. The van der Waals surface area contributed by atoms with Crippen LogP contribution in [0.25, 0.3) is 11.0 Å². The summed E-state index contributed by atoms with van der Waals surface area (Å²) < 4.78 is 5.33. The minimum absolute atomic E-state index is 0.145. The van der Waals surface area contributed by atoms with Gasteiger partial charge in [-0.05, 0) is 44.0 Å². The summed E-state index contributed by atoms with van der Waals surface area (Å²) in [6, 6.07) is 12.5. The SMILES string of the molecule is Cc1cc(=O)oc2cc(N(C(=O)[C@H](C)NC(=O)[C@H](C)N)[C@@H](Cc3ccccc3)C(N)=O)ccc12. The predicted molar refractivity (Wildman–Crippen MR) is 129 cm³/mol. The molecule has 0 aliphatic carbocycles. The number of aryl methyl sites for hydroxylation is 1. The van der Waals surface area contributed by atoms with Gasteiger partial charge >= 0.3 is 5.63 Å². The van der Waals surface area contributed by atoms with Crippen LogP contribution in [0.4, 0.5) is 5.69 Å². The molecule has 3 amide bonds. The molecular formula is C25H28N4O5. The van der Waals surface area contributed by atoms with E-state index < -0.39 is 41.5 Å². The maximum absolute atomic E-state index is 13.6. The maximum atomic E-state index is 13.6. The van der Waals surface area contributed by atoms with Crippen molar-refractivity contribution in [2.45, 2.75) is 45.3 Å². The Morgan fingerprint density at radius 1 is 1.06 bits per heavy atom. The molecule has 0 spiro atoms. The van der Waals surface area contributed by atoms with Crippen LogP contribution in [0.5, 0.6) is 0 Å². The van der Waals surface area contributed by atoms with Crippen molar-refractivity contribution in [1.82, 2.24) is 5.32 Å². The number of nitrogens with two attached hydrogens (primary N) is 2. The number of amides is 3. The number of primary amides is 1. The molecule has 2 aromatic carbocycles. The normalized spacial score (nSPS) is 13.6. The minimum Gasteiger partial charge on any atom is -0.423 e. The summed E-state index contributed by atoms with van der Waals surface area (Å²) in [6.07, 6.45) is 0.145. The fourth-order valence-electron chi connectivity index (χ4n) is 3.70. The first-order valence-corrected chi connectivity index (χ1v) is 10.8. The lowest BCUT2D eigenvalue weighted by atomic mass is 10.0. The van der Waals surface area contributed by atoms with Crippen LogP contribution < -0.4 is 27.3 Å². The number of fused-ring (bicyclic) bond motifs is 1. The van der Waals surface area contributed by atoms with E-state index in [9.17, 15) is 19.2 Å². The molecule has 1 aromatic heterocycles. The van der Waals surface area contributed by atoms with Gasteiger partial charge in [0.05, 0.1) is 6.04 Å². The van der Waals surface area contributed by atoms with Gasteiger partial charge in [0.1, 0.15) is 17.7 Å². The largest absolute Gasteiger partial charge is 0.423 e. The highest BCUT2D eigenvalue weighted by Gasteiger charge is 2.33. The van der Waals surface area contributed by atoms with Gasteiger partial charge in [0.25, 0.3) is 0 Å². The molecule has 5 N–H and O–H groups in total. The number of carbonyl (C=O) groups excluding carboxylic acids is 3. The molecule has 9 nitrogen and oxygen atoms in total. The Balaban J connectivity index is 2.11. The topological polar surface area (TPSA) is 149 Å². The molecule has 0 aliphatic heterocycles. The molecule has 9 heteroatoms. The third kappa shape index (κ3) is 5.49. The molecule has 0 radical (unpaired) electrons. The van der Waals surface area contributed by atoms with Gasteiger partial charge in [-0.1, -0.05) is 30.3 Å². The summed E-state index contributed by atoms with van der Waals surface area (Å²) >= 11 is 0. The first-order valence-electron chi connectivity index (χ1n) is 10.8. The highest BCUT2D eigenvalue weighted by atomic mass is 16.4. The fourth-order valence-corrected chi connectivity index (χ4v) is 3.70. The Hall–Kier alpha value is -3.98. The van der Waals surface area contributed by atoms with E-state index in [-0.39, 0.29) is 12.0 Å². The molecule has 3 rings (SSSR count). The van der Waals surface area contributed by atoms with Crippen molar-refractivity contribution >= 4 is 34.4 Å². The Morgan fingerprint density at radius 2 is 1.74 bits per heavy atom. The van der Waals surface area contributed by atoms with Gasteiger partial charge in [-0.2, -0.15) is 0 Å². The summed E-state index contributed by atoms with van der Waals surface area (Å²) in [5, 5.41) is 3.25. The molecular weight excluding hydrogens is 436 g/mol. The summed E-state index contributed by atoms with van der Waals surface area (Å²) in [5.41, 5.74) is 12.9. The number of rotatable bonds is 8. The van der Waals surface area contributed by atoms with Gasteiger partial charge in [-0.25, -0.2) is 4.79 Å². The van der Waals surface area contributed by atoms with Crippen LogP contribution in [0.2, 0.25) is 0 Å². The van der Waals surface area contributed by atoms with Gasteiger partial charge in [0.15, 0.2) is 0 Å². The number of hydrogen-bond acceptors (Lipinski definition) is 6. The molecule has 0 fully saturated rings. The Labute approximate surface area is 196 Å². The number of carbonyl (C=O) groups is 3. The van der Waals surface area contributed by atoms with Crippen molar-refractivity contribution in [3.63, 3.8) is 0 Å². The third-order valence-electron chi connectivity index (χ3n) is 5.51. The van der Waals surface area contributed by atoms with Gasteiger partial charge in [-0.15, -0.1) is 0 Å². The van der Waals surface area contributed by atoms with E-state index in [0.717, 1.165) is 5.56 Å². The molecule has 0 unspecified atom stereocenters. The highest BCUT2D eigenvalue weighted by molar-refractivity contribution is 6.05. The number of benzene rings is 2. The first-order chi connectivity index (χ1) is 16.1. The number of nitrogens with one attached hydrogen (secondary N) is 1. The molecule has 0 aliphatic rings. The smallest absolute Gasteiger partial charge is 0.336 e. The lowest BCUT2D eigenvalue weighted by molar-refractivity contribution is -0.129. The van der Waals surface area contributed by atoms with E-state index in [1.807, 2.05) is 30.3 Å². The monoisotopic (exact) mass is 464 g/mol. The van der Waals surface area contributed by atoms with Gasteiger partial charge in [0, 0.05) is 29.6 Å². The number of anilines is 1. The summed E-state index contributed by atoms with van der Waals surface area (Å²) in [5.74, 6) is -1.81. The van der Waals surface area contributed by atoms with E-state index in [1.54, 1.807) is 19.1 Å². The first kappa shape index (κ1) is 24.7. The standard InChI is InChI=1S/C25H28N4O5/c1-14-11-22(30)34-21-13-18(9-10-19(14)21)29(25(33)16(3)28-24(32)15(2)26)20(23(27)31)12-17-7-5-4-6-8-17/h4-11,13,15-16,20H,12,26H2,1-3H3,(H2,27,31)(H,28,32)/t15-,16-,20-/m0/s1. The maximum Gasteiger partial charge on any atom is 0.336 e. The highest BCUT2D eigenvalue weighted by Crippen LogP contribution is 2.27. The number of hydrogen-bond donors (Lipinski definition) is 3. The van der Waals surface area contributed by atoms with Crippen molar-refractivity contribution < 1.29 is 18.8 Å². The lowest BCUT2D eigenvalue weighted by Crippen LogP contribution is -2.56. The third-order valence-corrected chi connectivity index (χ3v) is 5.51. The van der Waals surface area contributed by atoms with Gasteiger partial charge in [-0.3, -0.25) is 19.3 Å². The molecule has 1 heterocycles. The Morgan fingerprint density at radius 3 is 2.35 bits per heavy atom. The van der Waals surface area contributed by atoms with Crippen LogP contribution in [0.1, 0.15) is 25.0 Å². The molecule has 0 bridgehead atoms. The second-order valence-electron chi connectivity index (χ2n) is 8.26. The summed E-state index contributed by atoms with van der Waals surface area (Å²) in [6.45, 7) is 4.77. The van der Waals surface area contributed by atoms with E-state index in [1.165, 1.54) is 30.9 Å². The van der Waals surface area contributed by atoms with Crippen LogP contribution in [-0.4, -0.2) is 35.8 Å². The van der Waals surface area contributed by atoms with Gasteiger partial charge in [0.2, 0.25) is 17.7 Å². The van der Waals surface area contributed by atoms with Crippen LogP contribution in [0.3, 0.4) is 0 Å². The quantitative estimate of drug-likeness (QED) is 0.429. The van der Waals surface area contributed by atoms with Crippen LogP contribution >= 0.6 is 0 Å². The molecule has 34 heavy (non-hydrogen) atoms. The molecule has 3 aromatic rings. The lowest BCUT2D eigenvalue weighted by Gasteiger charge is -2.32. The van der Waals surface area contributed by atoms with Crippen LogP contribution in [0, 0.1) is 6.92 Å². The van der Waals surface area contributed by atoms with E-state index in [4.69, 9.17) is 15.9 Å². The van der Waals surface area contributed by atoms with E-state index >= 15 is 0 Å². The molecule has 0 saturated heterocycles. The van der Waals surface area contributed by atoms with Crippen LogP contribution in [-0.2, 0) is 20.8 Å². The number of nitrogens with zero attached hydrogens (tertiary/aromatic N) is 1. The van der Waals surface area contributed by atoms with Crippen molar-refractivity contribution in [2.75, 3.05) is 4.90 Å². The molecule has 3 atom stereocenters. The average molecular weight is 465 g/mol. The van der Waals surface area contributed by atoms with E-state index in [0.29, 0.717) is 16.6 Å². The van der Waals surface area contributed by atoms with Crippen molar-refractivity contribution in [3.05, 3.63) is 76.1 Å². The fraction of sp³-hybridized carbons (Fsp3) is 0.280. The zero-order valence-corrected chi connectivity index (χ0v) is 19.3. The molecule has 178 valence electrons. The van der Waals surface area contributed by atoms with E-state index in [2.05, 4.69) is 5.32 Å². The second-order valence-corrected chi connectivity index (χ2v) is 8.26. The predicted octanol–water partition coefficient (Wildman–Crippen LogP) is 1.38. The van der Waals surface area contributed by atoms with Crippen LogP contribution in [0.15, 0.2) is 63.8 Å². The zero-order valence-electron chi connectivity index (χ0n) is 19.3. The average Bonchev–Trinajstić information content (AvgIpc) is 2.78. The zero-order chi connectivity index (χ0) is 25.0. The Bertz CT molecular complexity index is 1270. The Kier molecular flexibility index (Phi) is 7.47. The van der Waals surface area contributed by atoms with Crippen molar-refractivity contribution in [3.8, 4) is 0 Å². The summed E-state index contributed by atoms with van der Waals surface area (Å²) in [7, 11) is 0. The van der Waals surface area contributed by atoms with Gasteiger partial charge < -0.3 is 21.2 Å². The van der Waals surface area contributed by atoms with Crippen molar-refractivity contribution in [2.24, 2.45) is 11.5 Å². The molecule has 0 saturated carbocycles. The van der Waals surface area contributed by atoms with Crippen molar-refractivity contribution in [1.29, 1.82) is 0 Å². The summed E-state index contributed by atoms with van der Waals surface area (Å²) in [4.78, 5) is 51.4. The minimum atomic E-state index is -1.07.